The van der Waals surface area contributed by atoms with Crippen LogP contribution >= 0.6 is 0 Å². The number of hydrogen-bond donors (Lipinski definition) is 1. The molecule has 2 heterocycles. The quantitative estimate of drug-likeness (QED) is 0.0709. The van der Waals surface area contributed by atoms with Gasteiger partial charge in [0.1, 0.15) is 0 Å². The molecule has 272 valence electrons. The summed E-state index contributed by atoms with van der Waals surface area (Å²) in [4.78, 5) is 3.81. The summed E-state index contributed by atoms with van der Waals surface area (Å²) in [5.41, 5.74) is -3.91. The molecular weight excluding hydrogens is 659 g/mol. The van der Waals surface area contributed by atoms with E-state index in [1.807, 2.05) is 25.2 Å². The van der Waals surface area contributed by atoms with E-state index in [2.05, 4.69) is 57.6 Å². The molecule has 0 unspecified atom stereocenters. The molecule has 0 spiro atoms. The van der Waals surface area contributed by atoms with Gasteiger partial charge in [-0.1, -0.05) is 78.7 Å². The number of ether oxygens (including phenoxy) is 3. The molecule has 0 bridgehead atoms. The Labute approximate surface area is 279 Å². The van der Waals surface area contributed by atoms with Crippen LogP contribution in [0.3, 0.4) is 0 Å². The van der Waals surface area contributed by atoms with Gasteiger partial charge in [0.25, 0.3) is 5.88 Å². The number of allylic oxidation sites excluding steroid dienone is 2. The summed E-state index contributed by atoms with van der Waals surface area (Å²) in [5.74, 6) is -2.77. The Bertz CT molecular complexity index is 1260. The largest absolute Gasteiger partial charge is 0.534 e. The lowest BCUT2D eigenvalue weighted by atomic mass is 9.86. The van der Waals surface area contributed by atoms with E-state index in [1.54, 1.807) is 7.11 Å². The van der Waals surface area contributed by atoms with E-state index in [1.165, 1.54) is 7.11 Å². The molecule has 1 aromatic rings. The lowest BCUT2D eigenvalue weighted by molar-refractivity contribution is -0.291. The van der Waals surface area contributed by atoms with Gasteiger partial charge in [0.15, 0.2) is 12.1 Å². The molecule has 1 aromatic heterocycles. The van der Waals surface area contributed by atoms with Crippen LogP contribution in [0.2, 0.25) is 16.6 Å². The summed E-state index contributed by atoms with van der Waals surface area (Å²) in [7, 11) is -5.32. The number of rotatable bonds is 18. The van der Waals surface area contributed by atoms with Gasteiger partial charge in [0.05, 0.1) is 24.7 Å². The maximum absolute atomic E-state index is 12.9. The van der Waals surface area contributed by atoms with Gasteiger partial charge in [-0.2, -0.15) is 26.6 Å². The lowest BCUT2D eigenvalue weighted by Gasteiger charge is -2.49. The van der Waals surface area contributed by atoms with Crippen LogP contribution in [0.4, 0.5) is 13.2 Å². The fourth-order valence-electron chi connectivity index (χ4n) is 6.70. The number of aromatic nitrogens is 1. The molecule has 0 aromatic carbocycles. The van der Waals surface area contributed by atoms with Crippen LogP contribution < -0.4 is 4.18 Å². The summed E-state index contributed by atoms with van der Waals surface area (Å²) < 4.78 is 96.4. The van der Waals surface area contributed by atoms with Gasteiger partial charge in [0, 0.05) is 27.2 Å². The van der Waals surface area contributed by atoms with Crippen LogP contribution in [0.1, 0.15) is 87.0 Å². The van der Waals surface area contributed by atoms with Crippen LogP contribution in [-0.4, -0.2) is 77.3 Å². The van der Waals surface area contributed by atoms with E-state index in [0.29, 0.717) is 12.7 Å². The van der Waals surface area contributed by atoms with Crippen molar-refractivity contribution in [1.82, 2.24) is 4.98 Å². The predicted octanol–water partition coefficient (Wildman–Crippen LogP) is 7.45. The van der Waals surface area contributed by atoms with Crippen molar-refractivity contribution in [3.63, 3.8) is 0 Å². The van der Waals surface area contributed by atoms with E-state index in [0.717, 1.165) is 18.4 Å². The Kier molecular flexibility index (Phi) is 15.2. The molecule has 0 amide bonds. The Morgan fingerprint density at radius 3 is 2.28 bits per heavy atom. The Morgan fingerprint density at radius 2 is 1.79 bits per heavy atom. The number of nitrogens with zero attached hydrogens (tertiary/aromatic N) is 1. The highest BCUT2D eigenvalue weighted by atomic mass is 32.2. The van der Waals surface area contributed by atoms with Gasteiger partial charge in [0.2, 0.25) is 14.2 Å². The molecule has 1 aliphatic heterocycles. The Balaban J connectivity index is 2.56. The second-order valence-corrected chi connectivity index (χ2v) is 20.2. The van der Waals surface area contributed by atoms with Gasteiger partial charge in [-0.05, 0) is 42.3 Å². The van der Waals surface area contributed by atoms with Crippen LogP contribution in [0, 0.1) is 5.92 Å². The summed E-state index contributed by atoms with van der Waals surface area (Å²) in [5, 5.41) is 10.4. The van der Waals surface area contributed by atoms with E-state index in [-0.39, 0.29) is 54.0 Å². The number of halogens is 3. The highest BCUT2D eigenvalue weighted by molar-refractivity contribution is 7.87. The molecule has 0 aliphatic carbocycles. The van der Waals surface area contributed by atoms with Gasteiger partial charge < -0.3 is 32.3 Å². The minimum atomic E-state index is -5.94. The molecule has 1 aliphatic rings. The van der Waals surface area contributed by atoms with Crippen LogP contribution in [0.25, 0.3) is 0 Å². The standard InChI is InChI=1S/C32H54F3NO9SSi/c1-11-12-26(40-9)14-13-24(8)15-28(45-47(21(2)3,22(4)5)23(6)7)27-16-25(19-37)17-31(41-10,43-27)18-29-36-30(20-42-29)44-46(38,39)32(33,34)35/h13-15,20-23,25-28,37H,11-12,16-19H2,1-10H3/b14-13+,24-15+/t25-,26-,27-,28-,31+/m1/s1. The third-order valence-electron chi connectivity index (χ3n) is 8.88. The summed E-state index contributed by atoms with van der Waals surface area (Å²) in [6.07, 6.45) is 7.84. The highest BCUT2D eigenvalue weighted by Gasteiger charge is 2.51. The number of aliphatic hydroxyl groups excluding tert-OH is 1. The monoisotopic (exact) mass is 713 g/mol. The van der Waals surface area contributed by atoms with Gasteiger partial charge >= 0.3 is 15.6 Å². The normalized spacial score (nSPS) is 23.3. The predicted molar refractivity (Wildman–Crippen MR) is 175 cm³/mol. The van der Waals surface area contributed by atoms with Crippen molar-refractivity contribution < 1.29 is 53.9 Å². The minimum Gasteiger partial charge on any atom is -0.445 e. The average molecular weight is 714 g/mol. The van der Waals surface area contributed by atoms with Crippen molar-refractivity contribution in [2.45, 2.75) is 134 Å². The maximum atomic E-state index is 12.9. The first-order valence-electron chi connectivity index (χ1n) is 16.2. The SMILES string of the molecule is CCC[C@H](/C=C/C(C)=C/[C@@H](O[Si](C(C)C)(C(C)C)C(C)C)[C@H]1C[C@@H](CO)C[C@](Cc2nc(OS(=O)(=O)C(F)(F)F)co2)(OC)O1)OC. The number of methoxy groups -OCH3 is 2. The third kappa shape index (κ3) is 10.6. The third-order valence-corrected chi connectivity index (χ3v) is 15.9. The first-order chi connectivity index (χ1) is 21.8. The topological polar surface area (TPSA) is 127 Å². The number of hydrogen-bond acceptors (Lipinski definition) is 10. The molecule has 1 saturated heterocycles. The lowest BCUT2D eigenvalue weighted by Crippen LogP contribution is -2.56. The Morgan fingerprint density at radius 1 is 1.17 bits per heavy atom. The van der Waals surface area contributed by atoms with Crippen molar-refractivity contribution in [2.24, 2.45) is 5.92 Å². The fourth-order valence-corrected chi connectivity index (χ4v) is 12.6. The minimum absolute atomic E-state index is 0.0372. The molecule has 10 nitrogen and oxygen atoms in total. The molecule has 2 rings (SSSR count). The van der Waals surface area contributed by atoms with Crippen LogP contribution in [0.5, 0.6) is 5.88 Å². The highest BCUT2D eigenvalue weighted by Crippen LogP contribution is 2.46. The van der Waals surface area contributed by atoms with E-state index < -0.39 is 47.8 Å². The fraction of sp³-hybridized carbons (Fsp3) is 0.781. The second kappa shape index (κ2) is 17.3. The molecule has 15 heteroatoms. The Hall–Kier alpha value is -1.75. The van der Waals surface area contributed by atoms with Gasteiger partial charge in [-0.15, -0.1) is 0 Å². The summed E-state index contributed by atoms with van der Waals surface area (Å²) in [6.45, 7) is 17.0. The molecule has 0 radical (unpaired) electrons. The van der Waals surface area contributed by atoms with Crippen LogP contribution in [0.15, 0.2) is 34.5 Å². The summed E-state index contributed by atoms with van der Waals surface area (Å²) in [6, 6.07) is 0. The van der Waals surface area contributed by atoms with Crippen molar-refractivity contribution >= 4 is 18.4 Å². The molecular formula is C32H54F3NO9SSi. The van der Waals surface area contributed by atoms with Crippen molar-refractivity contribution in [1.29, 1.82) is 0 Å². The van der Waals surface area contributed by atoms with Gasteiger partial charge in [-0.25, -0.2) is 0 Å². The zero-order valence-electron chi connectivity index (χ0n) is 29.3. The van der Waals surface area contributed by atoms with E-state index in [9.17, 15) is 26.7 Å². The van der Waals surface area contributed by atoms with E-state index >= 15 is 0 Å². The van der Waals surface area contributed by atoms with Gasteiger partial charge in [-0.3, -0.25) is 0 Å². The first-order valence-corrected chi connectivity index (χ1v) is 19.7. The van der Waals surface area contributed by atoms with Crippen molar-refractivity contribution in [3.05, 3.63) is 36.0 Å². The molecule has 1 N–H and O–H groups in total. The molecule has 47 heavy (non-hydrogen) atoms. The van der Waals surface area contributed by atoms with Crippen molar-refractivity contribution in [2.75, 3.05) is 20.8 Å². The average Bonchev–Trinajstić information content (AvgIpc) is 3.41. The first kappa shape index (κ1) is 41.4. The molecule has 1 fully saturated rings. The molecule has 0 saturated carbocycles. The zero-order chi connectivity index (χ0) is 35.8. The zero-order valence-corrected chi connectivity index (χ0v) is 31.1. The summed E-state index contributed by atoms with van der Waals surface area (Å²) >= 11 is 0. The number of oxazole rings is 1. The van der Waals surface area contributed by atoms with Crippen LogP contribution in [-0.2, 0) is 35.2 Å². The number of aliphatic hydroxyl groups is 1. The molecule has 5 atom stereocenters. The van der Waals surface area contributed by atoms with E-state index in [4.69, 9.17) is 23.1 Å². The van der Waals surface area contributed by atoms with Crippen molar-refractivity contribution in [3.8, 4) is 5.88 Å². The maximum Gasteiger partial charge on any atom is 0.534 e. The smallest absolute Gasteiger partial charge is 0.445 e. The second-order valence-electron chi connectivity index (χ2n) is 13.2. The number of alkyl halides is 3.